The number of nitrogens with zero attached hydrogens (tertiary/aromatic N) is 2. The molecule has 116 valence electrons. The van der Waals surface area contributed by atoms with E-state index in [9.17, 15) is 4.79 Å². The molecule has 0 saturated heterocycles. The van der Waals surface area contributed by atoms with Crippen molar-refractivity contribution in [3.63, 3.8) is 0 Å². The van der Waals surface area contributed by atoms with Crippen LogP contribution in [-0.2, 0) is 4.79 Å². The van der Waals surface area contributed by atoms with Gasteiger partial charge in [-0.3, -0.25) is 4.79 Å². The maximum absolute atomic E-state index is 10.9. The number of carbonyl (C=O) groups excluding carboxylic acids is 1. The molecule has 0 aliphatic heterocycles. The van der Waals surface area contributed by atoms with Gasteiger partial charge < -0.3 is 15.4 Å². The number of fused-ring (bicyclic) bond motifs is 1. The summed E-state index contributed by atoms with van der Waals surface area (Å²) >= 11 is 0. The van der Waals surface area contributed by atoms with Gasteiger partial charge in [-0.05, 0) is 35.7 Å². The van der Waals surface area contributed by atoms with Gasteiger partial charge in [0.05, 0.1) is 12.8 Å². The fourth-order valence-corrected chi connectivity index (χ4v) is 2.43. The topological polar surface area (TPSA) is 76.1 Å². The maximum atomic E-state index is 10.9. The van der Waals surface area contributed by atoms with Gasteiger partial charge in [0.25, 0.3) is 0 Å². The highest BCUT2D eigenvalue weighted by molar-refractivity contribution is 6.01. The predicted octanol–water partition coefficient (Wildman–Crippen LogP) is 2.92. The molecule has 6 nitrogen and oxygen atoms in total. The van der Waals surface area contributed by atoms with E-state index >= 15 is 0 Å². The molecule has 0 atom stereocenters. The minimum Gasteiger partial charge on any atom is -0.497 e. The third-order valence-electron chi connectivity index (χ3n) is 3.55. The van der Waals surface area contributed by atoms with E-state index in [-0.39, 0.29) is 0 Å². The van der Waals surface area contributed by atoms with Crippen molar-refractivity contribution in [1.29, 1.82) is 0 Å². The molecule has 0 aliphatic rings. The molecule has 1 amide bonds. The van der Waals surface area contributed by atoms with Crippen molar-refractivity contribution in [3.8, 4) is 17.0 Å². The van der Waals surface area contributed by atoms with Gasteiger partial charge in [0.1, 0.15) is 5.75 Å². The Morgan fingerprint density at radius 3 is 2.78 bits per heavy atom. The van der Waals surface area contributed by atoms with Crippen LogP contribution >= 0.6 is 0 Å². The number of hydrogen-bond donors (Lipinski definition) is 2. The SMILES string of the molecule is CNc1nccc(-c2cc(NC=O)c3cc(OC)ccc3c2)n1. The van der Waals surface area contributed by atoms with Gasteiger partial charge in [-0.25, -0.2) is 9.97 Å². The quantitative estimate of drug-likeness (QED) is 0.709. The molecule has 6 heteroatoms. The van der Waals surface area contributed by atoms with Crippen LogP contribution in [0.5, 0.6) is 5.75 Å². The number of benzene rings is 2. The van der Waals surface area contributed by atoms with Crippen molar-refractivity contribution in [2.45, 2.75) is 0 Å². The Balaban J connectivity index is 2.20. The summed E-state index contributed by atoms with van der Waals surface area (Å²) < 4.78 is 5.26. The molecule has 2 aromatic carbocycles. The van der Waals surface area contributed by atoms with E-state index in [2.05, 4.69) is 20.6 Å². The largest absolute Gasteiger partial charge is 0.497 e. The molecular weight excluding hydrogens is 292 g/mol. The molecule has 0 fully saturated rings. The molecule has 1 heterocycles. The van der Waals surface area contributed by atoms with Gasteiger partial charge in [-0.1, -0.05) is 6.07 Å². The first-order chi connectivity index (χ1) is 11.2. The van der Waals surface area contributed by atoms with Gasteiger partial charge in [0.15, 0.2) is 0 Å². The molecule has 0 bridgehead atoms. The molecule has 3 aromatic rings. The lowest BCUT2D eigenvalue weighted by atomic mass is 10.0. The van der Waals surface area contributed by atoms with Gasteiger partial charge in [0.2, 0.25) is 12.4 Å². The highest BCUT2D eigenvalue weighted by Gasteiger charge is 2.09. The number of hydrogen-bond acceptors (Lipinski definition) is 5. The summed E-state index contributed by atoms with van der Waals surface area (Å²) in [7, 11) is 3.38. The number of rotatable bonds is 5. The number of methoxy groups -OCH3 is 1. The lowest BCUT2D eigenvalue weighted by Crippen LogP contribution is -1.98. The monoisotopic (exact) mass is 308 g/mol. The Morgan fingerprint density at radius 1 is 1.17 bits per heavy atom. The summed E-state index contributed by atoms with van der Waals surface area (Å²) in [5.41, 5.74) is 2.37. The van der Waals surface area contributed by atoms with Crippen LogP contribution in [0, 0.1) is 0 Å². The van der Waals surface area contributed by atoms with Crippen molar-refractivity contribution < 1.29 is 9.53 Å². The van der Waals surface area contributed by atoms with Gasteiger partial charge >= 0.3 is 0 Å². The highest BCUT2D eigenvalue weighted by Crippen LogP contribution is 2.32. The number of ether oxygens (including phenoxy) is 1. The summed E-state index contributed by atoms with van der Waals surface area (Å²) in [6.45, 7) is 0. The first kappa shape index (κ1) is 14.8. The lowest BCUT2D eigenvalue weighted by molar-refractivity contribution is -0.105. The van der Waals surface area contributed by atoms with Gasteiger partial charge in [0, 0.05) is 29.9 Å². The summed E-state index contributed by atoms with van der Waals surface area (Å²) in [5, 5.41) is 7.55. The number of amides is 1. The van der Waals surface area contributed by atoms with Crippen LogP contribution < -0.4 is 15.4 Å². The van der Waals surface area contributed by atoms with Crippen molar-refractivity contribution >= 4 is 28.8 Å². The van der Waals surface area contributed by atoms with E-state index in [1.54, 1.807) is 20.4 Å². The van der Waals surface area contributed by atoms with Gasteiger partial charge in [-0.15, -0.1) is 0 Å². The van der Waals surface area contributed by atoms with Crippen molar-refractivity contribution in [1.82, 2.24) is 9.97 Å². The molecule has 2 N–H and O–H groups in total. The minimum absolute atomic E-state index is 0.544. The molecule has 23 heavy (non-hydrogen) atoms. The predicted molar refractivity (Wildman–Crippen MR) is 90.8 cm³/mol. The zero-order valence-corrected chi connectivity index (χ0v) is 12.8. The van der Waals surface area contributed by atoms with E-state index in [1.807, 2.05) is 36.4 Å². The molecule has 0 spiro atoms. The lowest BCUT2D eigenvalue weighted by Gasteiger charge is -2.11. The maximum Gasteiger partial charge on any atom is 0.222 e. The van der Waals surface area contributed by atoms with Crippen LogP contribution in [0.15, 0.2) is 42.6 Å². The minimum atomic E-state index is 0.544. The number of aromatic nitrogens is 2. The van der Waals surface area contributed by atoms with E-state index in [0.29, 0.717) is 18.0 Å². The fourth-order valence-electron chi connectivity index (χ4n) is 2.43. The zero-order valence-electron chi connectivity index (χ0n) is 12.8. The standard InChI is InChI=1S/C17H16N4O2/c1-18-17-19-6-5-15(21-17)12-7-11-3-4-13(23-2)9-14(11)16(8-12)20-10-22/h3-10H,1-2H3,(H,20,22)(H,18,19,21). The molecule has 0 saturated carbocycles. The van der Waals surface area contributed by atoms with E-state index in [4.69, 9.17) is 4.74 Å². The van der Waals surface area contributed by atoms with E-state index in [0.717, 1.165) is 27.8 Å². The number of anilines is 2. The fraction of sp³-hybridized carbons (Fsp3) is 0.118. The average Bonchev–Trinajstić information content (AvgIpc) is 2.61. The second-order valence-corrected chi connectivity index (χ2v) is 4.89. The third kappa shape index (κ3) is 2.91. The first-order valence-corrected chi connectivity index (χ1v) is 7.08. The second-order valence-electron chi connectivity index (χ2n) is 4.89. The number of carbonyl (C=O) groups is 1. The average molecular weight is 308 g/mol. The molecule has 3 rings (SSSR count). The summed E-state index contributed by atoms with van der Waals surface area (Å²) in [6.07, 6.45) is 2.36. The third-order valence-corrected chi connectivity index (χ3v) is 3.55. The van der Waals surface area contributed by atoms with Gasteiger partial charge in [-0.2, -0.15) is 0 Å². The van der Waals surface area contributed by atoms with Crippen LogP contribution in [0.4, 0.5) is 11.6 Å². The van der Waals surface area contributed by atoms with Crippen molar-refractivity contribution in [2.24, 2.45) is 0 Å². The Kier molecular flexibility index (Phi) is 4.05. The zero-order chi connectivity index (χ0) is 16.2. The Labute approximate surface area is 133 Å². The van der Waals surface area contributed by atoms with Crippen molar-refractivity contribution in [3.05, 3.63) is 42.6 Å². The Morgan fingerprint density at radius 2 is 2.04 bits per heavy atom. The summed E-state index contributed by atoms with van der Waals surface area (Å²) in [6, 6.07) is 11.5. The molecule has 1 aromatic heterocycles. The van der Waals surface area contributed by atoms with Crippen LogP contribution in [-0.4, -0.2) is 30.5 Å². The van der Waals surface area contributed by atoms with E-state index in [1.165, 1.54) is 0 Å². The molecular formula is C17H16N4O2. The summed E-state index contributed by atoms with van der Waals surface area (Å²) in [5.74, 6) is 1.28. The first-order valence-electron chi connectivity index (χ1n) is 7.08. The van der Waals surface area contributed by atoms with Crippen LogP contribution in [0.1, 0.15) is 0 Å². The second kappa shape index (κ2) is 6.31. The molecule has 0 aliphatic carbocycles. The Bertz CT molecular complexity index is 864. The number of nitrogens with one attached hydrogen (secondary N) is 2. The van der Waals surface area contributed by atoms with Crippen molar-refractivity contribution in [2.75, 3.05) is 24.8 Å². The molecule has 0 radical (unpaired) electrons. The Hall–Kier alpha value is -3.15. The van der Waals surface area contributed by atoms with E-state index < -0.39 is 0 Å². The summed E-state index contributed by atoms with van der Waals surface area (Å²) in [4.78, 5) is 19.5. The van der Waals surface area contributed by atoms with Crippen LogP contribution in [0.3, 0.4) is 0 Å². The molecule has 0 unspecified atom stereocenters. The van der Waals surface area contributed by atoms with Crippen LogP contribution in [0.2, 0.25) is 0 Å². The normalized spacial score (nSPS) is 10.3. The smallest absolute Gasteiger partial charge is 0.222 e. The van der Waals surface area contributed by atoms with Crippen LogP contribution in [0.25, 0.3) is 22.0 Å². The highest BCUT2D eigenvalue weighted by atomic mass is 16.5.